The number of fused-ring (bicyclic) bond motifs is 1. The first-order valence-electron chi connectivity index (χ1n) is 7.25. The van der Waals surface area contributed by atoms with E-state index < -0.39 is 0 Å². The molecule has 1 aliphatic rings. The SMILES string of the molecule is CNC(c1ccc(OC)c(OC)c1)C1Cc2ccccc21. The molecule has 0 saturated carbocycles. The lowest BCUT2D eigenvalue weighted by atomic mass is 9.72. The number of rotatable bonds is 5. The molecule has 2 aromatic carbocycles. The third-order valence-corrected chi connectivity index (χ3v) is 4.37. The van der Waals surface area contributed by atoms with Crippen molar-refractivity contribution in [1.82, 2.24) is 5.32 Å². The largest absolute Gasteiger partial charge is 0.493 e. The fourth-order valence-electron chi connectivity index (χ4n) is 3.24. The Hall–Kier alpha value is -2.00. The highest BCUT2D eigenvalue weighted by Crippen LogP contribution is 2.44. The Morgan fingerprint density at radius 2 is 1.81 bits per heavy atom. The predicted molar refractivity (Wildman–Crippen MR) is 84.2 cm³/mol. The molecule has 0 fully saturated rings. The number of hydrogen-bond donors (Lipinski definition) is 1. The van der Waals surface area contributed by atoms with Crippen molar-refractivity contribution in [3.05, 3.63) is 59.2 Å². The summed E-state index contributed by atoms with van der Waals surface area (Å²) in [5.74, 6) is 2.07. The molecule has 1 N–H and O–H groups in total. The summed E-state index contributed by atoms with van der Waals surface area (Å²) in [5.41, 5.74) is 4.14. The molecular weight excluding hydrogens is 262 g/mol. The Bertz CT molecular complexity index is 639. The normalized spacial score (nSPS) is 17.6. The van der Waals surface area contributed by atoms with Crippen molar-refractivity contribution in [3.63, 3.8) is 0 Å². The zero-order valence-electron chi connectivity index (χ0n) is 12.7. The molecule has 0 aromatic heterocycles. The van der Waals surface area contributed by atoms with Gasteiger partial charge in [0.05, 0.1) is 14.2 Å². The molecule has 0 saturated heterocycles. The Labute approximate surface area is 125 Å². The molecule has 2 atom stereocenters. The van der Waals surface area contributed by atoms with Crippen LogP contribution < -0.4 is 14.8 Å². The van der Waals surface area contributed by atoms with Gasteiger partial charge in [-0.2, -0.15) is 0 Å². The highest BCUT2D eigenvalue weighted by atomic mass is 16.5. The van der Waals surface area contributed by atoms with Crippen LogP contribution in [0.15, 0.2) is 42.5 Å². The molecule has 0 bridgehead atoms. The van der Waals surface area contributed by atoms with E-state index in [-0.39, 0.29) is 0 Å². The summed E-state index contributed by atoms with van der Waals surface area (Å²) in [7, 11) is 5.35. The van der Waals surface area contributed by atoms with Crippen molar-refractivity contribution in [1.29, 1.82) is 0 Å². The maximum Gasteiger partial charge on any atom is 0.161 e. The van der Waals surface area contributed by atoms with E-state index in [1.165, 1.54) is 16.7 Å². The highest BCUT2D eigenvalue weighted by molar-refractivity contribution is 5.47. The molecular formula is C18H21NO2. The van der Waals surface area contributed by atoms with Gasteiger partial charge in [0, 0.05) is 12.0 Å². The van der Waals surface area contributed by atoms with Crippen LogP contribution in [-0.4, -0.2) is 21.3 Å². The maximum atomic E-state index is 5.42. The van der Waals surface area contributed by atoms with Gasteiger partial charge in [0.25, 0.3) is 0 Å². The molecule has 2 unspecified atom stereocenters. The molecule has 0 heterocycles. The molecule has 0 radical (unpaired) electrons. The Balaban J connectivity index is 1.91. The standard InChI is InChI=1S/C18H21NO2/c1-19-18(15-10-12-6-4-5-7-14(12)15)13-8-9-16(20-2)17(11-13)21-3/h4-9,11,15,18-19H,10H2,1-3H3. The second kappa shape index (κ2) is 5.78. The van der Waals surface area contributed by atoms with E-state index in [0.29, 0.717) is 12.0 Å². The number of benzene rings is 2. The van der Waals surface area contributed by atoms with Crippen LogP contribution >= 0.6 is 0 Å². The molecule has 1 aliphatic carbocycles. The van der Waals surface area contributed by atoms with E-state index in [4.69, 9.17) is 9.47 Å². The van der Waals surface area contributed by atoms with Gasteiger partial charge < -0.3 is 14.8 Å². The molecule has 3 nitrogen and oxygen atoms in total. The van der Waals surface area contributed by atoms with Gasteiger partial charge in [-0.3, -0.25) is 0 Å². The van der Waals surface area contributed by atoms with Crippen LogP contribution in [0, 0.1) is 0 Å². The van der Waals surface area contributed by atoms with E-state index in [1.54, 1.807) is 14.2 Å². The Morgan fingerprint density at radius 1 is 1.05 bits per heavy atom. The van der Waals surface area contributed by atoms with Gasteiger partial charge in [0.2, 0.25) is 0 Å². The quantitative estimate of drug-likeness (QED) is 0.913. The van der Waals surface area contributed by atoms with Crippen LogP contribution in [0.25, 0.3) is 0 Å². The Kier molecular flexibility index (Phi) is 3.84. The number of ether oxygens (including phenoxy) is 2. The third kappa shape index (κ3) is 2.38. The number of hydrogen-bond acceptors (Lipinski definition) is 3. The molecule has 3 rings (SSSR count). The lowest BCUT2D eigenvalue weighted by Gasteiger charge is -2.37. The Morgan fingerprint density at radius 3 is 2.48 bits per heavy atom. The summed E-state index contributed by atoms with van der Waals surface area (Å²) in [6, 6.07) is 15.1. The average Bonchev–Trinajstić information content (AvgIpc) is 2.52. The summed E-state index contributed by atoms with van der Waals surface area (Å²) >= 11 is 0. The first-order valence-corrected chi connectivity index (χ1v) is 7.25. The fraction of sp³-hybridized carbons (Fsp3) is 0.333. The summed E-state index contributed by atoms with van der Waals surface area (Å²) in [5, 5.41) is 3.45. The van der Waals surface area contributed by atoms with Crippen LogP contribution in [-0.2, 0) is 6.42 Å². The van der Waals surface area contributed by atoms with Crippen LogP contribution in [0.1, 0.15) is 28.7 Å². The van der Waals surface area contributed by atoms with E-state index in [2.05, 4.69) is 41.7 Å². The van der Waals surface area contributed by atoms with Crippen LogP contribution in [0.5, 0.6) is 11.5 Å². The molecule has 0 spiro atoms. The first-order chi connectivity index (χ1) is 10.3. The van der Waals surface area contributed by atoms with Gasteiger partial charge in [0.15, 0.2) is 11.5 Å². The van der Waals surface area contributed by atoms with Crippen molar-refractivity contribution < 1.29 is 9.47 Å². The van der Waals surface area contributed by atoms with E-state index in [0.717, 1.165) is 17.9 Å². The lowest BCUT2D eigenvalue weighted by Crippen LogP contribution is -2.31. The zero-order valence-corrected chi connectivity index (χ0v) is 12.7. The summed E-state index contributed by atoms with van der Waals surface area (Å²) in [4.78, 5) is 0. The summed E-state index contributed by atoms with van der Waals surface area (Å²) in [6.07, 6.45) is 1.12. The van der Waals surface area contributed by atoms with Gasteiger partial charge in [-0.1, -0.05) is 30.3 Å². The van der Waals surface area contributed by atoms with Crippen LogP contribution in [0.3, 0.4) is 0 Å². The first kappa shape index (κ1) is 14.0. The minimum Gasteiger partial charge on any atom is -0.493 e. The van der Waals surface area contributed by atoms with E-state index in [9.17, 15) is 0 Å². The van der Waals surface area contributed by atoms with Crippen molar-refractivity contribution >= 4 is 0 Å². The molecule has 2 aromatic rings. The lowest BCUT2D eigenvalue weighted by molar-refractivity contribution is 0.352. The second-order valence-electron chi connectivity index (χ2n) is 5.39. The number of likely N-dealkylation sites (N-methyl/N-ethyl adjacent to an activating group) is 1. The van der Waals surface area contributed by atoms with Gasteiger partial charge >= 0.3 is 0 Å². The molecule has 0 aliphatic heterocycles. The molecule has 0 amide bonds. The van der Waals surface area contributed by atoms with Crippen molar-refractivity contribution in [2.24, 2.45) is 0 Å². The van der Waals surface area contributed by atoms with Crippen molar-refractivity contribution in [3.8, 4) is 11.5 Å². The predicted octanol–water partition coefficient (Wildman–Crippen LogP) is 3.30. The van der Waals surface area contributed by atoms with Crippen molar-refractivity contribution in [2.45, 2.75) is 18.4 Å². The minimum atomic E-state index is 0.291. The van der Waals surface area contributed by atoms with Crippen LogP contribution in [0.4, 0.5) is 0 Å². The van der Waals surface area contributed by atoms with Crippen molar-refractivity contribution in [2.75, 3.05) is 21.3 Å². The van der Waals surface area contributed by atoms with Gasteiger partial charge in [-0.15, -0.1) is 0 Å². The molecule has 3 heteroatoms. The second-order valence-corrected chi connectivity index (χ2v) is 5.39. The average molecular weight is 283 g/mol. The summed E-state index contributed by atoms with van der Waals surface area (Å²) < 4.78 is 10.7. The van der Waals surface area contributed by atoms with E-state index >= 15 is 0 Å². The van der Waals surface area contributed by atoms with Gasteiger partial charge in [0.1, 0.15) is 0 Å². The smallest absolute Gasteiger partial charge is 0.161 e. The topological polar surface area (TPSA) is 30.5 Å². The molecule has 110 valence electrons. The monoisotopic (exact) mass is 283 g/mol. The third-order valence-electron chi connectivity index (χ3n) is 4.37. The highest BCUT2D eigenvalue weighted by Gasteiger charge is 2.33. The van der Waals surface area contributed by atoms with E-state index in [1.807, 2.05) is 13.1 Å². The molecule has 21 heavy (non-hydrogen) atoms. The maximum absolute atomic E-state index is 5.42. The summed E-state index contributed by atoms with van der Waals surface area (Å²) in [6.45, 7) is 0. The number of nitrogens with one attached hydrogen (secondary N) is 1. The minimum absolute atomic E-state index is 0.291. The zero-order chi connectivity index (χ0) is 14.8. The van der Waals surface area contributed by atoms with Gasteiger partial charge in [-0.05, 0) is 42.3 Å². The van der Waals surface area contributed by atoms with Gasteiger partial charge in [-0.25, -0.2) is 0 Å². The number of methoxy groups -OCH3 is 2. The van der Waals surface area contributed by atoms with Crippen LogP contribution in [0.2, 0.25) is 0 Å². The fourth-order valence-corrected chi connectivity index (χ4v) is 3.24.